The third-order valence-electron chi connectivity index (χ3n) is 5.47. The van der Waals surface area contributed by atoms with Crippen LogP contribution in [0.4, 0.5) is 0 Å². The van der Waals surface area contributed by atoms with Crippen molar-refractivity contribution < 1.29 is 23.7 Å². The number of nitriles is 1. The molecule has 1 unspecified atom stereocenters. The molecule has 0 aliphatic carbocycles. The van der Waals surface area contributed by atoms with Crippen molar-refractivity contribution in [2.24, 2.45) is 5.73 Å². The van der Waals surface area contributed by atoms with Gasteiger partial charge in [0, 0.05) is 23.3 Å². The Balaban J connectivity index is 1.60. The van der Waals surface area contributed by atoms with Crippen LogP contribution in [0.3, 0.4) is 0 Å². The molecule has 0 aromatic heterocycles. The van der Waals surface area contributed by atoms with E-state index in [4.69, 9.17) is 24.7 Å². The molecule has 7 heteroatoms. The highest BCUT2D eigenvalue weighted by Crippen LogP contribution is 2.45. The number of ether oxygens (including phenoxy) is 4. The fraction of sp³-hybridized carbons (Fsp3) is 0.143. The standard InChI is InChI=1S/C28H24N2O5/c1-3-33-24-7-5-4-6-21(24)27-22-14-13-20(16-25(22)35-28(30)23(27)17-29)34-26(31)15-10-18-8-11-19(32-2)12-9-18/h4-16,27H,3,30H2,1-2H3/b15-10+. The number of para-hydroxylation sites is 1. The number of hydrogen-bond donors (Lipinski definition) is 1. The van der Waals surface area contributed by atoms with Gasteiger partial charge in [-0.1, -0.05) is 36.4 Å². The number of fused-ring (bicyclic) bond motifs is 1. The number of benzene rings is 3. The molecule has 3 aromatic rings. The molecular weight excluding hydrogens is 444 g/mol. The lowest BCUT2D eigenvalue weighted by atomic mass is 9.83. The molecule has 3 aromatic carbocycles. The smallest absolute Gasteiger partial charge is 0.336 e. The summed E-state index contributed by atoms with van der Waals surface area (Å²) in [4.78, 5) is 12.4. The average Bonchev–Trinajstić information content (AvgIpc) is 2.87. The molecule has 0 amide bonds. The number of esters is 1. The molecule has 7 nitrogen and oxygen atoms in total. The molecule has 0 fully saturated rings. The molecule has 1 atom stereocenters. The van der Waals surface area contributed by atoms with Crippen LogP contribution in [0.2, 0.25) is 0 Å². The number of nitrogens with two attached hydrogens (primary N) is 1. The Labute approximate surface area is 203 Å². The van der Waals surface area contributed by atoms with Gasteiger partial charge in [-0.25, -0.2) is 4.79 Å². The van der Waals surface area contributed by atoms with Gasteiger partial charge in [0.15, 0.2) is 0 Å². The van der Waals surface area contributed by atoms with E-state index in [2.05, 4.69) is 6.07 Å². The number of allylic oxidation sites excluding steroid dienone is 1. The quantitative estimate of drug-likeness (QED) is 0.298. The Kier molecular flexibility index (Phi) is 7.03. The van der Waals surface area contributed by atoms with Gasteiger partial charge in [0.05, 0.1) is 19.6 Å². The zero-order valence-electron chi connectivity index (χ0n) is 19.4. The monoisotopic (exact) mass is 468 g/mol. The molecule has 1 aliphatic heterocycles. The van der Waals surface area contributed by atoms with Crippen molar-refractivity contribution in [2.45, 2.75) is 12.8 Å². The Morgan fingerprint density at radius 3 is 2.54 bits per heavy atom. The summed E-state index contributed by atoms with van der Waals surface area (Å²) in [5.74, 6) is 1.06. The van der Waals surface area contributed by atoms with Crippen molar-refractivity contribution in [1.82, 2.24) is 0 Å². The molecule has 176 valence electrons. The summed E-state index contributed by atoms with van der Waals surface area (Å²) in [6.07, 6.45) is 2.99. The maximum Gasteiger partial charge on any atom is 0.336 e. The van der Waals surface area contributed by atoms with Crippen molar-refractivity contribution in [1.29, 1.82) is 5.26 Å². The van der Waals surface area contributed by atoms with Crippen LogP contribution in [0.1, 0.15) is 29.5 Å². The number of carbonyl (C=O) groups excluding carboxylic acids is 1. The summed E-state index contributed by atoms with van der Waals surface area (Å²) in [5.41, 5.74) is 8.74. The molecule has 35 heavy (non-hydrogen) atoms. The van der Waals surface area contributed by atoms with Crippen molar-refractivity contribution >= 4 is 12.0 Å². The highest BCUT2D eigenvalue weighted by molar-refractivity contribution is 5.88. The van der Waals surface area contributed by atoms with Crippen molar-refractivity contribution in [3.63, 3.8) is 0 Å². The van der Waals surface area contributed by atoms with Crippen molar-refractivity contribution in [3.8, 4) is 29.1 Å². The van der Waals surface area contributed by atoms with E-state index in [1.165, 1.54) is 6.08 Å². The van der Waals surface area contributed by atoms with Gasteiger partial charge in [-0.15, -0.1) is 0 Å². The van der Waals surface area contributed by atoms with Crippen LogP contribution in [-0.4, -0.2) is 19.7 Å². The van der Waals surface area contributed by atoms with E-state index < -0.39 is 11.9 Å². The third-order valence-corrected chi connectivity index (χ3v) is 5.47. The first-order valence-corrected chi connectivity index (χ1v) is 11.0. The van der Waals surface area contributed by atoms with Crippen LogP contribution < -0.4 is 24.7 Å². The molecule has 1 heterocycles. The second-order valence-corrected chi connectivity index (χ2v) is 7.62. The van der Waals surface area contributed by atoms with Gasteiger partial charge in [0.1, 0.15) is 34.6 Å². The summed E-state index contributed by atoms with van der Waals surface area (Å²) in [5, 5.41) is 9.80. The van der Waals surface area contributed by atoms with Crippen molar-refractivity contribution in [3.05, 3.63) is 101 Å². The van der Waals surface area contributed by atoms with Gasteiger partial charge in [0.25, 0.3) is 0 Å². The third kappa shape index (κ3) is 5.12. The van der Waals surface area contributed by atoms with Crippen LogP contribution in [0.15, 0.2) is 84.3 Å². The predicted octanol–water partition coefficient (Wildman–Crippen LogP) is 4.93. The van der Waals surface area contributed by atoms with Gasteiger partial charge in [-0.05, 0) is 42.8 Å². The highest BCUT2D eigenvalue weighted by atomic mass is 16.5. The van der Waals surface area contributed by atoms with Crippen LogP contribution in [-0.2, 0) is 4.79 Å². The molecule has 4 rings (SSSR count). The SMILES string of the molecule is CCOc1ccccc1C1C(C#N)=C(N)Oc2cc(OC(=O)/C=C/c3ccc(OC)cc3)ccc21. The van der Waals surface area contributed by atoms with E-state index in [9.17, 15) is 10.1 Å². The first-order valence-electron chi connectivity index (χ1n) is 11.0. The molecule has 0 saturated heterocycles. The Morgan fingerprint density at radius 1 is 1.09 bits per heavy atom. The zero-order chi connectivity index (χ0) is 24.8. The van der Waals surface area contributed by atoms with Gasteiger partial charge in [-0.2, -0.15) is 5.26 Å². The summed E-state index contributed by atoms with van der Waals surface area (Å²) in [7, 11) is 1.59. The number of rotatable bonds is 7. The largest absolute Gasteiger partial charge is 0.497 e. The number of carbonyl (C=O) groups is 1. The molecule has 0 saturated carbocycles. The topological polar surface area (TPSA) is 104 Å². The number of methoxy groups -OCH3 is 1. The summed E-state index contributed by atoms with van der Waals surface area (Å²) in [6, 6.07) is 22.0. The van der Waals surface area contributed by atoms with Gasteiger partial charge in [-0.3, -0.25) is 0 Å². The molecule has 1 aliphatic rings. The van der Waals surface area contributed by atoms with Crippen LogP contribution in [0.25, 0.3) is 6.08 Å². The van der Waals surface area contributed by atoms with E-state index in [0.29, 0.717) is 18.1 Å². The van der Waals surface area contributed by atoms with Crippen molar-refractivity contribution in [2.75, 3.05) is 13.7 Å². The molecule has 0 bridgehead atoms. The van der Waals surface area contributed by atoms with E-state index >= 15 is 0 Å². The van der Waals surface area contributed by atoms with E-state index in [1.54, 1.807) is 43.5 Å². The van der Waals surface area contributed by atoms with Crippen LogP contribution in [0, 0.1) is 11.3 Å². The summed E-state index contributed by atoms with van der Waals surface area (Å²) in [6.45, 7) is 2.38. The first-order chi connectivity index (χ1) is 17.0. The Hall–Kier alpha value is -4.70. The molecule has 2 N–H and O–H groups in total. The predicted molar refractivity (Wildman–Crippen MR) is 131 cm³/mol. The van der Waals surface area contributed by atoms with Gasteiger partial charge in [0.2, 0.25) is 5.88 Å². The minimum Gasteiger partial charge on any atom is -0.497 e. The minimum atomic E-state index is -0.545. The Bertz CT molecular complexity index is 1340. The second-order valence-electron chi connectivity index (χ2n) is 7.62. The van der Waals surface area contributed by atoms with Gasteiger partial charge >= 0.3 is 5.97 Å². The van der Waals surface area contributed by atoms with E-state index in [0.717, 1.165) is 22.4 Å². The highest BCUT2D eigenvalue weighted by Gasteiger charge is 2.32. The average molecular weight is 469 g/mol. The van der Waals surface area contributed by atoms with E-state index in [1.807, 2.05) is 43.3 Å². The minimum absolute atomic E-state index is 0.000760. The zero-order valence-corrected chi connectivity index (χ0v) is 19.4. The lowest BCUT2D eigenvalue weighted by Crippen LogP contribution is -2.21. The summed E-state index contributed by atoms with van der Waals surface area (Å²) < 4.78 is 22.1. The lowest BCUT2D eigenvalue weighted by molar-refractivity contribution is -0.128. The summed E-state index contributed by atoms with van der Waals surface area (Å²) >= 11 is 0. The number of nitrogens with zero attached hydrogens (tertiary/aromatic N) is 1. The Morgan fingerprint density at radius 2 is 1.83 bits per heavy atom. The molecular formula is C28H24N2O5. The normalized spacial score (nSPS) is 14.6. The maximum absolute atomic E-state index is 12.4. The fourth-order valence-electron chi connectivity index (χ4n) is 3.85. The molecule has 0 spiro atoms. The first kappa shape index (κ1) is 23.5. The van der Waals surface area contributed by atoms with Gasteiger partial charge < -0.3 is 24.7 Å². The maximum atomic E-state index is 12.4. The second kappa shape index (κ2) is 10.5. The lowest BCUT2D eigenvalue weighted by Gasteiger charge is -2.27. The fourth-order valence-corrected chi connectivity index (χ4v) is 3.85. The number of hydrogen-bond acceptors (Lipinski definition) is 7. The van der Waals surface area contributed by atoms with Crippen LogP contribution >= 0.6 is 0 Å². The van der Waals surface area contributed by atoms with Crippen LogP contribution in [0.5, 0.6) is 23.0 Å². The van der Waals surface area contributed by atoms with E-state index in [-0.39, 0.29) is 17.2 Å². The molecule has 0 radical (unpaired) electrons.